The molecule has 0 radical (unpaired) electrons. The number of anilines is 2. The summed E-state index contributed by atoms with van der Waals surface area (Å²) in [6.07, 6.45) is 4.26. The molecule has 38 heavy (non-hydrogen) atoms. The van der Waals surface area contributed by atoms with Crippen LogP contribution in [0.5, 0.6) is 0 Å². The van der Waals surface area contributed by atoms with E-state index in [0.717, 1.165) is 16.9 Å². The normalized spacial score (nSPS) is 18.7. The molecule has 5 rings (SSSR count). The number of pyridine rings is 1. The van der Waals surface area contributed by atoms with Crippen LogP contribution >= 0.6 is 23.1 Å². The monoisotopic (exact) mass is 543 g/mol. The van der Waals surface area contributed by atoms with Crippen molar-refractivity contribution in [1.29, 1.82) is 5.26 Å². The van der Waals surface area contributed by atoms with Crippen LogP contribution in [0.4, 0.5) is 10.8 Å². The van der Waals surface area contributed by atoms with Crippen molar-refractivity contribution >= 4 is 45.6 Å². The molecule has 1 atom stereocenters. The highest BCUT2D eigenvalue weighted by Crippen LogP contribution is 2.50. The van der Waals surface area contributed by atoms with E-state index in [1.807, 2.05) is 50.2 Å². The number of nitrogens with two attached hydrogens (primary N) is 1. The van der Waals surface area contributed by atoms with E-state index in [0.29, 0.717) is 27.9 Å². The van der Waals surface area contributed by atoms with Crippen LogP contribution < -0.4 is 16.0 Å². The van der Waals surface area contributed by atoms with E-state index in [9.17, 15) is 14.9 Å². The first-order valence-electron chi connectivity index (χ1n) is 11.9. The summed E-state index contributed by atoms with van der Waals surface area (Å²) < 4.78 is 0.576. The number of nitriles is 1. The van der Waals surface area contributed by atoms with Crippen molar-refractivity contribution in [3.05, 3.63) is 83.1 Å². The zero-order chi connectivity index (χ0) is 26.9. The second kappa shape index (κ2) is 10.4. The number of para-hydroxylation sites is 1. The first-order valence-corrected chi connectivity index (χ1v) is 13.7. The lowest BCUT2D eigenvalue weighted by molar-refractivity contribution is -0.118. The minimum Gasteiger partial charge on any atom is -0.384 e. The number of allylic oxidation sites excluding steroid dienone is 3. The Bertz CT molecular complexity index is 1490. The maximum atomic E-state index is 13.5. The second-order valence-electron chi connectivity index (χ2n) is 9.82. The van der Waals surface area contributed by atoms with Crippen LogP contribution in [-0.2, 0) is 9.59 Å². The molecule has 3 N–H and O–H groups in total. The third kappa shape index (κ3) is 5.05. The molecule has 3 heterocycles. The molecule has 2 aromatic heterocycles. The van der Waals surface area contributed by atoms with Gasteiger partial charge in [0.15, 0.2) is 10.1 Å². The molecule has 2 aliphatic rings. The van der Waals surface area contributed by atoms with Crippen molar-refractivity contribution in [3.8, 4) is 6.07 Å². The first kappa shape index (κ1) is 25.6. The minimum atomic E-state index is -0.591. The molecule has 0 fully saturated rings. The quantitative estimate of drug-likeness (QED) is 0.427. The molecule has 0 saturated heterocycles. The number of rotatable bonds is 6. The topological polar surface area (TPSA) is 138 Å². The van der Waals surface area contributed by atoms with Gasteiger partial charge in [0.25, 0.3) is 0 Å². The average molecular weight is 544 g/mol. The van der Waals surface area contributed by atoms with Gasteiger partial charge in [0.1, 0.15) is 5.82 Å². The average Bonchev–Trinajstić information content (AvgIpc) is 3.35. The number of ketones is 1. The van der Waals surface area contributed by atoms with Gasteiger partial charge in [-0.25, -0.2) is 0 Å². The van der Waals surface area contributed by atoms with Gasteiger partial charge in [-0.1, -0.05) is 61.2 Å². The molecule has 11 heteroatoms. The Balaban J connectivity index is 1.47. The van der Waals surface area contributed by atoms with Crippen LogP contribution in [-0.4, -0.2) is 32.6 Å². The van der Waals surface area contributed by atoms with Crippen molar-refractivity contribution in [3.63, 3.8) is 0 Å². The van der Waals surface area contributed by atoms with E-state index >= 15 is 0 Å². The van der Waals surface area contributed by atoms with Crippen LogP contribution in [0.15, 0.2) is 81.9 Å². The lowest BCUT2D eigenvalue weighted by atomic mass is 9.69. The van der Waals surface area contributed by atoms with Gasteiger partial charge in [-0.05, 0) is 35.6 Å². The van der Waals surface area contributed by atoms with E-state index < -0.39 is 5.92 Å². The predicted octanol–water partition coefficient (Wildman–Crippen LogP) is 4.60. The summed E-state index contributed by atoms with van der Waals surface area (Å²) >= 11 is 2.52. The number of hydrogen-bond acceptors (Lipinski definition) is 10. The van der Waals surface area contributed by atoms with Gasteiger partial charge in [-0.15, -0.1) is 10.2 Å². The van der Waals surface area contributed by atoms with Gasteiger partial charge >= 0.3 is 0 Å². The summed E-state index contributed by atoms with van der Waals surface area (Å²) in [5, 5.41) is 22.1. The van der Waals surface area contributed by atoms with Crippen molar-refractivity contribution in [1.82, 2.24) is 15.2 Å². The Morgan fingerprint density at radius 2 is 2.03 bits per heavy atom. The molecule has 1 aliphatic carbocycles. The molecular weight excluding hydrogens is 518 g/mol. The maximum Gasteiger partial charge on any atom is 0.234 e. The zero-order valence-electron chi connectivity index (χ0n) is 20.8. The van der Waals surface area contributed by atoms with E-state index in [1.165, 1.54) is 23.1 Å². The maximum absolute atomic E-state index is 13.5. The Morgan fingerprint density at radius 1 is 1.24 bits per heavy atom. The molecule has 9 nitrogen and oxygen atoms in total. The molecule has 0 saturated carbocycles. The standard InChI is InChI=1S/C27H25N7O2S2/c1-27(2)11-19-23(20(35)12-27)22(16-7-6-10-30-14-16)18(13-28)24(29)34(19)25-32-33-26(38-25)37-15-21(36)31-17-8-4-3-5-9-17/h3-10,14,22H,11-12,15,29H2,1-2H3,(H,31,36). The third-order valence-electron chi connectivity index (χ3n) is 6.37. The molecular formula is C27H25N7O2S2. The van der Waals surface area contributed by atoms with Gasteiger partial charge in [0.2, 0.25) is 11.0 Å². The number of thioether (sulfide) groups is 1. The van der Waals surface area contributed by atoms with E-state index in [4.69, 9.17) is 5.73 Å². The summed E-state index contributed by atoms with van der Waals surface area (Å²) in [5.41, 5.74) is 9.36. The number of carbonyl (C=O) groups is 2. The van der Waals surface area contributed by atoms with E-state index in [1.54, 1.807) is 23.4 Å². The number of amides is 1. The number of nitrogens with one attached hydrogen (secondary N) is 1. The molecule has 0 spiro atoms. The molecule has 0 bridgehead atoms. The zero-order valence-corrected chi connectivity index (χ0v) is 22.5. The molecule has 1 aromatic carbocycles. The van der Waals surface area contributed by atoms with Crippen LogP contribution in [0.25, 0.3) is 0 Å². The van der Waals surface area contributed by atoms with Gasteiger partial charge < -0.3 is 11.1 Å². The number of nitrogens with zero attached hydrogens (tertiary/aromatic N) is 5. The summed E-state index contributed by atoms with van der Waals surface area (Å²) in [7, 11) is 0. The number of benzene rings is 1. The molecule has 1 amide bonds. The fourth-order valence-electron chi connectivity index (χ4n) is 4.80. The fraction of sp³-hybridized carbons (Fsp3) is 0.259. The van der Waals surface area contributed by atoms with Crippen molar-refractivity contribution in [2.24, 2.45) is 11.1 Å². The van der Waals surface area contributed by atoms with Crippen molar-refractivity contribution < 1.29 is 9.59 Å². The highest BCUT2D eigenvalue weighted by atomic mass is 32.2. The Labute approximate surface area is 228 Å². The largest absolute Gasteiger partial charge is 0.384 e. The summed E-state index contributed by atoms with van der Waals surface area (Å²) in [5.74, 6) is -0.397. The number of carbonyl (C=O) groups excluding carboxylic acids is 2. The van der Waals surface area contributed by atoms with E-state index in [-0.39, 0.29) is 34.3 Å². The van der Waals surface area contributed by atoms with Crippen LogP contribution in [0.1, 0.15) is 38.2 Å². The van der Waals surface area contributed by atoms with E-state index in [2.05, 4.69) is 26.6 Å². The van der Waals surface area contributed by atoms with Gasteiger partial charge in [0.05, 0.1) is 23.3 Å². The lowest BCUT2D eigenvalue weighted by Gasteiger charge is -2.42. The highest BCUT2D eigenvalue weighted by molar-refractivity contribution is 8.01. The smallest absolute Gasteiger partial charge is 0.234 e. The lowest BCUT2D eigenvalue weighted by Crippen LogP contribution is -2.42. The predicted molar refractivity (Wildman–Crippen MR) is 147 cm³/mol. The van der Waals surface area contributed by atoms with Crippen LogP contribution in [0.3, 0.4) is 0 Å². The van der Waals surface area contributed by atoms with Crippen molar-refractivity contribution in [2.45, 2.75) is 36.9 Å². The molecule has 3 aromatic rings. The highest BCUT2D eigenvalue weighted by Gasteiger charge is 2.45. The fourth-order valence-corrected chi connectivity index (χ4v) is 6.49. The Kier molecular flexibility index (Phi) is 7.01. The van der Waals surface area contributed by atoms with Gasteiger partial charge in [0, 0.05) is 35.8 Å². The summed E-state index contributed by atoms with van der Waals surface area (Å²) in [4.78, 5) is 31.9. The Hall–Kier alpha value is -4.01. The molecule has 192 valence electrons. The van der Waals surface area contributed by atoms with Gasteiger partial charge in [-0.3, -0.25) is 19.5 Å². The third-order valence-corrected chi connectivity index (χ3v) is 8.41. The summed E-state index contributed by atoms with van der Waals surface area (Å²) in [6.45, 7) is 4.08. The SMILES string of the molecule is CC1(C)CC(=O)C2=C(C1)N(c1nnc(SCC(=O)Nc3ccccc3)s1)C(N)=C(C#N)C2c1cccnc1. The first-order chi connectivity index (χ1) is 18.3. The minimum absolute atomic E-state index is 0.0213. The number of Topliss-reactive ketones (excluding diaryl/α,β-unsaturated/α-hetero) is 1. The molecule has 1 aliphatic heterocycles. The molecule has 1 unspecified atom stereocenters. The number of aromatic nitrogens is 3. The second-order valence-corrected chi connectivity index (χ2v) is 12.0. The summed E-state index contributed by atoms with van der Waals surface area (Å²) in [6, 6.07) is 15.1. The van der Waals surface area contributed by atoms with Crippen LogP contribution in [0.2, 0.25) is 0 Å². The Morgan fingerprint density at radius 3 is 2.74 bits per heavy atom. The van der Waals surface area contributed by atoms with Crippen LogP contribution in [0, 0.1) is 16.7 Å². The van der Waals surface area contributed by atoms with Gasteiger partial charge in [-0.2, -0.15) is 5.26 Å². The number of hydrogen-bond donors (Lipinski definition) is 2. The van der Waals surface area contributed by atoms with Crippen molar-refractivity contribution in [2.75, 3.05) is 16.0 Å².